The molecule has 1 aromatic rings. The fraction of sp³-hybridized carbons (Fsp3) is 0.500. The Balaban J connectivity index is 2.78. The molecular formula is C12H16BrN3O3. The Labute approximate surface area is 119 Å². The smallest absolute Gasteiger partial charge is 0.268 e. The number of nitrogens with zero attached hydrogens (tertiary/aromatic N) is 2. The minimum Gasteiger partial charge on any atom is -0.344 e. The van der Waals surface area contributed by atoms with Crippen molar-refractivity contribution in [2.24, 2.45) is 5.92 Å². The first kappa shape index (κ1) is 15.6. The number of halogens is 1. The zero-order valence-corrected chi connectivity index (χ0v) is 12.6. The first-order chi connectivity index (χ1) is 8.82. The quantitative estimate of drug-likeness (QED) is 0.863. The van der Waals surface area contributed by atoms with Gasteiger partial charge in [0.2, 0.25) is 5.91 Å². The molecule has 1 amide bonds. The number of aromatic nitrogens is 2. The van der Waals surface area contributed by atoms with Crippen molar-refractivity contribution >= 4 is 27.6 Å². The molecule has 0 aliphatic carbocycles. The van der Waals surface area contributed by atoms with Gasteiger partial charge in [0.15, 0.2) is 5.78 Å². The van der Waals surface area contributed by atoms with Crippen LogP contribution in [0.25, 0.3) is 0 Å². The maximum atomic E-state index is 11.8. The minimum atomic E-state index is -0.539. The first-order valence-electron chi connectivity index (χ1n) is 5.82. The van der Waals surface area contributed by atoms with Crippen LogP contribution in [0.4, 0.5) is 0 Å². The third-order valence-electron chi connectivity index (χ3n) is 2.59. The number of Topliss-reactive ketones (excluding diaryl/α,β-unsaturated/α-hetero) is 1. The molecule has 0 bridgehead atoms. The zero-order valence-electron chi connectivity index (χ0n) is 11.0. The van der Waals surface area contributed by atoms with Crippen LogP contribution in [0.5, 0.6) is 0 Å². The van der Waals surface area contributed by atoms with E-state index in [0.717, 1.165) is 0 Å². The lowest BCUT2D eigenvalue weighted by molar-refractivity contribution is -0.128. The number of rotatable bonds is 5. The summed E-state index contributed by atoms with van der Waals surface area (Å²) >= 11 is 3.05. The molecule has 1 rings (SSSR count). The van der Waals surface area contributed by atoms with Crippen molar-refractivity contribution in [3.63, 3.8) is 0 Å². The van der Waals surface area contributed by atoms with Gasteiger partial charge in [0.05, 0.1) is 12.4 Å². The molecule has 1 atom stereocenters. The average Bonchev–Trinajstić information content (AvgIpc) is 2.31. The minimum absolute atomic E-state index is 0.00111. The van der Waals surface area contributed by atoms with Crippen molar-refractivity contribution in [2.45, 2.75) is 33.4 Å². The first-order valence-corrected chi connectivity index (χ1v) is 6.62. The molecule has 0 saturated heterocycles. The Morgan fingerprint density at radius 1 is 1.47 bits per heavy atom. The Hall–Kier alpha value is -1.50. The largest absolute Gasteiger partial charge is 0.344 e. The lowest BCUT2D eigenvalue weighted by Gasteiger charge is -2.19. The standard InChI is InChI=1S/C12H16BrN3O3/c1-7(2)11(8(3)17)15-10(18)5-16-6-14-4-9(13)12(16)19/h4,6-7,11H,5H2,1-3H3,(H,15,18). The van der Waals surface area contributed by atoms with Crippen LogP contribution in [0.3, 0.4) is 0 Å². The molecule has 7 heteroatoms. The summed E-state index contributed by atoms with van der Waals surface area (Å²) in [7, 11) is 0. The summed E-state index contributed by atoms with van der Waals surface area (Å²) in [5.41, 5.74) is -0.339. The van der Waals surface area contributed by atoms with Crippen LogP contribution < -0.4 is 10.9 Å². The Kier molecular flexibility index (Phi) is 5.41. The number of carbonyl (C=O) groups is 2. The zero-order chi connectivity index (χ0) is 14.6. The van der Waals surface area contributed by atoms with Gasteiger partial charge in [0.1, 0.15) is 11.0 Å². The number of amides is 1. The van der Waals surface area contributed by atoms with Crippen LogP contribution in [0.15, 0.2) is 21.8 Å². The van der Waals surface area contributed by atoms with Crippen LogP contribution in [0.2, 0.25) is 0 Å². The molecule has 0 radical (unpaired) electrons. The highest BCUT2D eigenvalue weighted by Crippen LogP contribution is 2.03. The molecule has 1 aromatic heterocycles. The number of hydrogen-bond acceptors (Lipinski definition) is 4. The second kappa shape index (κ2) is 6.60. The van der Waals surface area contributed by atoms with E-state index < -0.39 is 11.9 Å². The molecule has 0 aliphatic rings. The molecule has 0 fully saturated rings. The number of nitrogens with one attached hydrogen (secondary N) is 1. The SMILES string of the molecule is CC(=O)C(NC(=O)Cn1cncc(Br)c1=O)C(C)C. The van der Waals surface area contributed by atoms with Crippen molar-refractivity contribution in [1.82, 2.24) is 14.9 Å². The Morgan fingerprint density at radius 3 is 2.63 bits per heavy atom. The molecule has 0 spiro atoms. The van der Waals surface area contributed by atoms with E-state index >= 15 is 0 Å². The summed E-state index contributed by atoms with van der Waals surface area (Å²) in [6, 6.07) is -0.539. The molecular weight excluding hydrogens is 314 g/mol. The third kappa shape index (κ3) is 4.27. The lowest BCUT2D eigenvalue weighted by atomic mass is 10.0. The van der Waals surface area contributed by atoms with Crippen LogP contribution in [0.1, 0.15) is 20.8 Å². The van der Waals surface area contributed by atoms with Crippen molar-refractivity contribution in [3.8, 4) is 0 Å². The fourth-order valence-corrected chi connectivity index (χ4v) is 1.99. The van der Waals surface area contributed by atoms with Crippen LogP contribution in [-0.4, -0.2) is 27.3 Å². The summed E-state index contributed by atoms with van der Waals surface area (Å²) in [6.45, 7) is 4.96. The van der Waals surface area contributed by atoms with E-state index in [-0.39, 0.29) is 28.3 Å². The molecule has 0 saturated carbocycles. The van der Waals surface area contributed by atoms with Crippen molar-refractivity contribution < 1.29 is 9.59 Å². The molecule has 1 N–H and O–H groups in total. The van der Waals surface area contributed by atoms with Gasteiger partial charge in [-0.05, 0) is 28.8 Å². The summed E-state index contributed by atoms with van der Waals surface area (Å²) in [5.74, 6) is -0.502. The summed E-state index contributed by atoms with van der Waals surface area (Å²) in [6.07, 6.45) is 2.65. The molecule has 19 heavy (non-hydrogen) atoms. The average molecular weight is 330 g/mol. The maximum Gasteiger partial charge on any atom is 0.268 e. The van der Waals surface area contributed by atoms with Crippen molar-refractivity contribution in [3.05, 3.63) is 27.4 Å². The predicted molar refractivity (Wildman–Crippen MR) is 73.6 cm³/mol. The van der Waals surface area contributed by atoms with E-state index in [1.807, 2.05) is 13.8 Å². The molecule has 0 aromatic carbocycles. The van der Waals surface area contributed by atoms with Gasteiger partial charge >= 0.3 is 0 Å². The van der Waals surface area contributed by atoms with Gasteiger partial charge in [-0.3, -0.25) is 19.0 Å². The van der Waals surface area contributed by atoms with E-state index in [9.17, 15) is 14.4 Å². The van der Waals surface area contributed by atoms with Crippen LogP contribution >= 0.6 is 15.9 Å². The van der Waals surface area contributed by atoms with E-state index in [4.69, 9.17) is 0 Å². The van der Waals surface area contributed by atoms with Crippen LogP contribution in [-0.2, 0) is 16.1 Å². The summed E-state index contributed by atoms with van der Waals surface area (Å²) in [4.78, 5) is 38.7. The number of hydrogen-bond donors (Lipinski definition) is 1. The highest BCUT2D eigenvalue weighted by atomic mass is 79.9. The molecule has 6 nitrogen and oxygen atoms in total. The van der Waals surface area contributed by atoms with Gasteiger partial charge in [-0.15, -0.1) is 0 Å². The van der Waals surface area contributed by atoms with Crippen LogP contribution in [0, 0.1) is 5.92 Å². The molecule has 1 unspecified atom stereocenters. The van der Waals surface area contributed by atoms with Crippen molar-refractivity contribution in [2.75, 3.05) is 0 Å². The van der Waals surface area contributed by atoms with E-state index in [1.165, 1.54) is 24.0 Å². The van der Waals surface area contributed by atoms with Gasteiger partial charge in [-0.1, -0.05) is 13.8 Å². The normalized spacial score (nSPS) is 12.3. The van der Waals surface area contributed by atoms with Gasteiger partial charge < -0.3 is 5.32 Å². The van der Waals surface area contributed by atoms with Gasteiger partial charge in [-0.25, -0.2) is 4.98 Å². The van der Waals surface area contributed by atoms with E-state index in [0.29, 0.717) is 0 Å². The maximum absolute atomic E-state index is 11.8. The summed E-state index contributed by atoms with van der Waals surface area (Å²) in [5, 5.41) is 2.62. The second-order valence-electron chi connectivity index (χ2n) is 4.57. The van der Waals surface area contributed by atoms with Gasteiger partial charge in [0.25, 0.3) is 5.56 Å². The van der Waals surface area contributed by atoms with Gasteiger partial charge in [-0.2, -0.15) is 0 Å². The summed E-state index contributed by atoms with van der Waals surface area (Å²) < 4.78 is 1.46. The predicted octanol–water partition coefficient (Wildman–Crippen LogP) is 0.736. The topological polar surface area (TPSA) is 81.1 Å². The number of ketones is 1. The second-order valence-corrected chi connectivity index (χ2v) is 5.43. The molecule has 104 valence electrons. The third-order valence-corrected chi connectivity index (χ3v) is 3.14. The lowest BCUT2D eigenvalue weighted by Crippen LogP contribution is -2.45. The van der Waals surface area contributed by atoms with E-state index in [2.05, 4.69) is 26.2 Å². The molecule has 0 aliphatic heterocycles. The monoisotopic (exact) mass is 329 g/mol. The number of carbonyl (C=O) groups excluding carboxylic acids is 2. The highest BCUT2D eigenvalue weighted by Gasteiger charge is 2.20. The van der Waals surface area contributed by atoms with Gasteiger partial charge in [0, 0.05) is 6.20 Å². The Morgan fingerprint density at radius 2 is 2.11 bits per heavy atom. The van der Waals surface area contributed by atoms with Crippen molar-refractivity contribution in [1.29, 1.82) is 0 Å². The Bertz CT molecular complexity index is 539. The highest BCUT2D eigenvalue weighted by molar-refractivity contribution is 9.10. The molecule has 1 heterocycles. The fourth-order valence-electron chi connectivity index (χ4n) is 1.65. The van der Waals surface area contributed by atoms with E-state index in [1.54, 1.807) is 0 Å².